The fourth-order valence-electron chi connectivity index (χ4n) is 1.56. The molecule has 0 aliphatic carbocycles. The monoisotopic (exact) mass is 305 g/mol. The van der Waals surface area contributed by atoms with Crippen LogP contribution in [0.4, 0.5) is 4.79 Å². The van der Waals surface area contributed by atoms with Crippen molar-refractivity contribution in [2.75, 3.05) is 13.2 Å². The molecule has 0 spiro atoms. The van der Waals surface area contributed by atoms with Crippen molar-refractivity contribution in [3.63, 3.8) is 0 Å². The average Bonchev–Trinajstić information content (AvgIpc) is 2.72. The molecule has 20 heavy (non-hydrogen) atoms. The van der Waals surface area contributed by atoms with Crippen LogP contribution in [0.3, 0.4) is 0 Å². The second kappa shape index (κ2) is 6.13. The molecule has 116 valence electrons. The van der Waals surface area contributed by atoms with Crippen molar-refractivity contribution in [2.45, 2.75) is 51.9 Å². The Labute approximate surface area is 120 Å². The second-order valence-electron chi connectivity index (χ2n) is 5.92. The normalized spacial score (nSPS) is 16.5. The summed E-state index contributed by atoms with van der Waals surface area (Å²) >= 11 is 0. The highest BCUT2D eigenvalue weighted by molar-refractivity contribution is 7.87. The first-order valence-corrected chi connectivity index (χ1v) is 8.08. The molecule has 0 fully saturated rings. The third kappa shape index (κ3) is 4.79. The van der Waals surface area contributed by atoms with Crippen LogP contribution in [-0.4, -0.2) is 43.4 Å². The van der Waals surface area contributed by atoms with E-state index in [4.69, 9.17) is 8.92 Å². The van der Waals surface area contributed by atoms with Crippen molar-refractivity contribution in [3.8, 4) is 0 Å². The van der Waals surface area contributed by atoms with Gasteiger partial charge in [0.05, 0.1) is 5.25 Å². The number of hydrogen-bond acceptors (Lipinski definition) is 5. The van der Waals surface area contributed by atoms with Crippen molar-refractivity contribution in [2.24, 2.45) is 0 Å². The molecule has 1 rings (SSSR count). The van der Waals surface area contributed by atoms with Gasteiger partial charge in [-0.1, -0.05) is 6.08 Å². The predicted molar refractivity (Wildman–Crippen MR) is 75.6 cm³/mol. The lowest BCUT2D eigenvalue weighted by Crippen LogP contribution is -2.36. The molecule has 7 heteroatoms. The number of carbonyl (C=O) groups is 1. The third-order valence-corrected chi connectivity index (χ3v) is 4.24. The molecular weight excluding hydrogens is 282 g/mol. The van der Waals surface area contributed by atoms with Gasteiger partial charge in [-0.15, -0.1) is 0 Å². The Hall–Kier alpha value is -1.08. The van der Waals surface area contributed by atoms with E-state index in [9.17, 15) is 13.2 Å². The molecule has 1 aliphatic rings. The van der Waals surface area contributed by atoms with Crippen molar-refractivity contribution >= 4 is 16.2 Å². The largest absolute Gasteiger partial charge is 0.443 e. The first kappa shape index (κ1) is 17.0. The van der Waals surface area contributed by atoms with Crippen LogP contribution in [0.25, 0.3) is 0 Å². The number of carbonyl (C=O) groups excluding carboxylic acids is 1. The summed E-state index contributed by atoms with van der Waals surface area (Å²) in [4.78, 5) is 13.4. The number of ether oxygens (including phenoxy) is 1. The lowest BCUT2D eigenvalue weighted by atomic mass is 10.2. The molecule has 0 N–H and O–H groups in total. The van der Waals surface area contributed by atoms with E-state index in [0.717, 1.165) is 0 Å². The van der Waals surface area contributed by atoms with Gasteiger partial charge in [0.1, 0.15) is 12.2 Å². The maximum Gasteiger partial charge on any atom is 0.414 e. The molecule has 1 aliphatic heterocycles. The Morgan fingerprint density at radius 1 is 1.40 bits per heavy atom. The molecule has 1 amide bonds. The van der Waals surface area contributed by atoms with E-state index in [-0.39, 0.29) is 6.61 Å². The topological polar surface area (TPSA) is 72.9 Å². The highest BCUT2D eigenvalue weighted by atomic mass is 32.2. The van der Waals surface area contributed by atoms with Gasteiger partial charge in [-0.05, 0) is 41.0 Å². The third-order valence-electron chi connectivity index (χ3n) is 2.64. The maximum absolute atomic E-state index is 12.0. The molecule has 0 saturated heterocycles. The first-order valence-electron chi connectivity index (χ1n) is 6.61. The first-order chi connectivity index (χ1) is 9.03. The van der Waals surface area contributed by atoms with Gasteiger partial charge in [-0.3, -0.25) is 9.08 Å². The van der Waals surface area contributed by atoms with Crippen LogP contribution in [0, 0.1) is 0 Å². The summed E-state index contributed by atoms with van der Waals surface area (Å²) < 4.78 is 33.4. The van der Waals surface area contributed by atoms with Crippen molar-refractivity contribution in [1.29, 1.82) is 0 Å². The van der Waals surface area contributed by atoms with Crippen LogP contribution in [0.1, 0.15) is 41.0 Å². The lowest BCUT2D eigenvalue weighted by molar-refractivity contribution is 0.0315. The minimum Gasteiger partial charge on any atom is -0.443 e. The molecule has 0 bridgehead atoms. The van der Waals surface area contributed by atoms with E-state index >= 15 is 0 Å². The smallest absolute Gasteiger partial charge is 0.414 e. The van der Waals surface area contributed by atoms with E-state index in [1.54, 1.807) is 40.7 Å². The fourth-order valence-corrected chi connectivity index (χ4v) is 2.11. The highest BCUT2D eigenvalue weighted by Gasteiger charge is 2.28. The molecule has 6 nitrogen and oxygen atoms in total. The van der Waals surface area contributed by atoms with E-state index in [2.05, 4.69) is 0 Å². The minimum atomic E-state index is -3.59. The summed E-state index contributed by atoms with van der Waals surface area (Å²) in [5.74, 6) is 0. The molecule has 0 aromatic rings. The quantitative estimate of drug-likeness (QED) is 0.745. The Kier molecular flexibility index (Phi) is 5.21. The van der Waals surface area contributed by atoms with Crippen LogP contribution in [0.15, 0.2) is 11.8 Å². The predicted octanol–water partition coefficient (Wildman–Crippen LogP) is 2.27. The van der Waals surface area contributed by atoms with Gasteiger partial charge in [0, 0.05) is 12.2 Å². The molecular formula is C13H23NO5S. The number of amides is 1. The molecule has 0 unspecified atom stereocenters. The van der Waals surface area contributed by atoms with Gasteiger partial charge in [0.15, 0.2) is 0 Å². The van der Waals surface area contributed by atoms with E-state index < -0.39 is 27.1 Å². The van der Waals surface area contributed by atoms with Crippen molar-refractivity contribution in [3.05, 3.63) is 11.8 Å². The van der Waals surface area contributed by atoms with Gasteiger partial charge in [0.25, 0.3) is 10.1 Å². The fraction of sp³-hybridized carbons (Fsp3) is 0.769. The SMILES string of the molecule is CC(C)S(=O)(=O)OCC1=CCCN1C(=O)OC(C)(C)C. The highest BCUT2D eigenvalue weighted by Crippen LogP contribution is 2.20. The Balaban J connectivity index is 2.65. The zero-order chi connectivity index (χ0) is 15.6. The van der Waals surface area contributed by atoms with Crippen LogP contribution in [0.2, 0.25) is 0 Å². The number of rotatable bonds is 4. The van der Waals surface area contributed by atoms with Gasteiger partial charge >= 0.3 is 6.09 Å². The Morgan fingerprint density at radius 2 is 2.00 bits per heavy atom. The van der Waals surface area contributed by atoms with E-state index in [1.165, 1.54) is 4.90 Å². The van der Waals surface area contributed by atoms with Crippen LogP contribution < -0.4 is 0 Å². The summed E-state index contributed by atoms with van der Waals surface area (Å²) in [7, 11) is -3.59. The van der Waals surface area contributed by atoms with Gasteiger partial charge in [-0.25, -0.2) is 4.79 Å². The van der Waals surface area contributed by atoms with E-state index in [0.29, 0.717) is 18.7 Å². The average molecular weight is 305 g/mol. The molecule has 0 atom stereocenters. The Morgan fingerprint density at radius 3 is 2.50 bits per heavy atom. The number of nitrogens with zero attached hydrogens (tertiary/aromatic N) is 1. The van der Waals surface area contributed by atoms with Gasteiger partial charge < -0.3 is 4.74 Å². The molecule has 0 radical (unpaired) electrons. The molecule has 1 heterocycles. The summed E-state index contributed by atoms with van der Waals surface area (Å²) in [5, 5.41) is -0.612. The molecule has 0 aromatic heterocycles. The summed E-state index contributed by atoms with van der Waals surface area (Å²) in [6.45, 7) is 8.78. The van der Waals surface area contributed by atoms with Crippen LogP contribution in [-0.2, 0) is 19.0 Å². The Bertz CT molecular complexity index is 487. The zero-order valence-corrected chi connectivity index (χ0v) is 13.5. The van der Waals surface area contributed by atoms with Crippen molar-refractivity contribution < 1.29 is 22.1 Å². The molecule has 0 aromatic carbocycles. The van der Waals surface area contributed by atoms with Gasteiger partial charge in [-0.2, -0.15) is 8.42 Å². The molecule has 0 saturated carbocycles. The van der Waals surface area contributed by atoms with Gasteiger partial charge in [0.2, 0.25) is 0 Å². The van der Waals surface area contributed by atoms with Crippen molar-refractivity contribution in [1.82, 2.24) is 4.90 Å². The van der Waals surface area contributed by atoms with Crippen LogP contribution >= 0.6 is 0 Å². The standard InChI is InChI=1S/C13H23NO5S/c1-10(2)20(16,17)18-9-11-7-6-8-14(11)12(15)19-13(3,4)5/h7,10H,6,8-9H2,1-5H3. The minimum absolute atomic E-state index is 0.139. The second-order valence-corrected chi connectivity index (χ2v) is 8.08. The maximum atomic E-state index is 12.0. The lowest BCUT2D eigenvalue weighted by Gasteiger charge is -2.26. The summed E-state index contributed by atoms with van der Waals surface area (Å²) in [6.07, 6.45) is 1.98. The number of hydrogen-bond donors (Lipinski definition) is 0. The zero-order valence-electron chi connectivity index (χ0n) is 12.7. The van der Waals surface area contributed by atoms with E-state index in [1.807, 2.05) is 0 Å². The summed E-state index contributed by atoms with van der Waals surface area (Å²) in [6, 6.07) is 0. The van der Waals surface area contributed by atoms with Crippen LogP contribution in [0.5, 0.6) is 0 Å². The summed E-state index contributed by atoms with van der Waals surface area (Å²) in [5.41, 5.74) is -0.0567.